The van der Waals surface area contributed by atoms with Crippen molar-refractivity contribution in [3.8, 4) is 0 Å². The van der Waals surface area contributed by atoms with Gasteiger partial charge in [-0.2, -0.15) is 9.30 Å². The van der Waals surface area contributed by atoms with Crippen LogP contribution in [0.15, 0.2) is 52.4 Å². The number of rotatable bonds is 7. The summed E-state index contributed by atoms with van der Waals surface area (Å²) < 4.78 is 40.7. The van der Waals surface area contributed by atoms with Crippen molar-refractivity contribution in [3.63, 3.8) is 0 Å². The first kappa shape index (κ1) is 28.6. The van der Waals surface area contributed by atoms with Gasteiger partial charge in [0.15, 0.2) is 4.80 Å². The lowest BCUT2D eigenvalue weighted by molar-refractivity contribution is -0.143. The number of thiazole rings is 1. The second-order valence-electron chi connectivity index (χ2n) is 9.16. The van der Waals surface area contributed by atoms with Gasteiger partial charge in [-0.25, -0.2) is 8.42 Å². The number of hydrogen-bond acceptors (Lipinski definition) is 8. The van der Waals surface area contributed by atoms with Crippen LogP contribution < -0.4 is 10.1 Å². The molecule has 1 fully saturated rings. The Morgan fingerprint density at radius 1 is 1.10 bits per heavy atom. The van der Waals surface area contributed by atoms with Gasteiger partial charge < -0.3 is 19.4 Å². The number of esters is 1. The van der Waals surface area contributed by atoms with Gasteiger partial charge in [0, 0.05) is 31.3 Å². The van der Waals surface area contributed by atoms with E-state index in [-0.39, 0.29) is 59.6 Å². The Morgan fingerprint density at radius 3 is 2.38 bits per heavy atom. The lowest BCUT2D eigenvalue weighted by Gasteiger charge is -2.34. The third kappa shape index (κ3) is 6.61. The molecular formula is C26H30N4O7S2. The lowest BCUT2D eigenvalue weighted by atomic mass is 10.2. The van der Waals surface area contributed by atoms with E-state index in [0.717, 1.165) is 0 Å². The topological polar surface area (TPSA) is 136 Å². The number of benzene rings is 2. The molecule has 0 bridgehead atoms. The number of sulfonamides is 1. The molecule has 0 radical (unpaired) electrons. The summed E-state index contributed by atoms with van der Waals surface area (Å²) in [7, 11) is -3.76. The summed E-state index contributed by atoms with van der Waals surface area (Å²) in [6.07, 6.45) is -0.444. The summed E-state index contributed by atoms with van der Waals surface area (Å²) >= 11 is 1.18. The number of ether oxygens (including phenoxy) is 2. The van der Waals surface area contributed by atoms with E-state index in [4.69, 9.17) is 9.47 Å². The van der Waals surface area contributed by atoms with E-state index in [1.807, 2.05) is 13.8 Å². The molecular weight excluding hydrogens is 544 g/mol. The Kier molecular flexibility index (Phi) is 8.64. The Labute approximate surface area is 230 Å². The molecule has 11 nitrogen and oxygen atoms in total. The van der Waals surface area contributed by atoms with E-state index in [0.29, 0.717) is 15.9 Å². The summed E-state index contributed by atoms with van der Waals surface area (Å²) in [5, 5.41) is 2.71. The fourth-order valence-electron chi connectivity index (χ4n) is 4.33. The summed E-state index contributed by atoms with van der Waals surface area (Å²) in [5.41, 5.74) is 1.40. The fraction of sp³-hybridized carbons (Fsp3) is 0.385. The third-order valence-electron chi connectivity index (χ3n) is 5.92. The molecule has 2 atom stereocenters. The van der Waals surface area contributed by atoms with Crippen LogP contribution in [-0.2, 0) is 35.6 Å². The minimum Gasteiger partial charge on any atom is -0.465 e. The van der Waals surface area contributed by atoms with Crippen LogP contribution in [0.2, 0.25) is 0 Å². The Hall–Kier alpha value is -3.39. The number of carbonyl (C=O) groups excluding carboxylic acids is 3. The van der Waals surface area contributed by atoms with Crippen molar-refractivity contribution >= 4 is 55.0 Å². The highest BCUT2D eigenvalue weighted by Crippen LogP contribution is 2.24. The van der Waals surface area contributed by atoms with Crippen molar-refractivity contribution < 1.29 is 32.3 Å². The lowest BCUT2D eigenvalue weighted by Crippen LogP contribution is -2.48. The van der Waals surface area contributed by atoms with Crippen molar-refractivity contribution in [2.75, 3.05) is 25.0 Å². The molecule has 1 N–H and O–H groups in total. The number of nitrogens with one attached hydrogen (secondary N) is 1. The molecule has 39 heavy (non-hydrogen) atoms. The van der Waals surface area contributed by atoms with E-state index in [1.54, 1.807) is 29.7 Å². The quantitative estimate of drug-likeness (QED) is 0.429. The van der Waals surface area contributed by atoms with Crippen LogP contribution >= 0.6 is 11.3 Å². The zero-order valence-corrected chi connectivity index (χ0v) is 23.7. The van der Waals surface area contributed by atoms with E-state index >= 15 is 0 Å². The summed E-state index contributed by atoms with van der Waals surface area (Å²) in [4.78, 5) is 41.4. The molecule has 13 heteroatoms. The highest BCUT2D eigenvalue weighted by atomic mass is 32.2. The van der Waals surface area contributed by atoms with Crippen molar-refractivity contribution in [3.05, 3.63) is 52.8 Å². The Morgan fingerprint density at radius 2 is 1.77 bits per heavy atom. The van der Waals surface area contributed by atoms with Crippen molar-refractivity contribution in [2.24, 2.45) is 4.99 Å². The summed E-state index contributed by atoms with van der Waals surface area (Å²) in [6.45, 7) is 7.29. The molecule has 0 spiro atoms. The monoisotopic (exact) mass is 574 g/mol. The largest absolute Gasteiger partial charge is 0.465 e. The molecule has 2 amide bonds. The van der Waals surface area contributed by atoms with Crippen LogP contribution in [-0.4, -0.2) is 67.0 Å². The molecule has 2 heterocycles. The number of hydrogen-bond donors (Lipinski definition) is 1. The molecule has 4 rings (SSSR count). The van der Waals surface area contributed by atoms with Crippen LogP contribution in [0.5, 0.6) is 0 Å². The van der Waals surface area contributed by atoms with Crippen LogP contribution in [0.25, 0.3) is 10.2 Å². The number of anilines is 1. The zero-order valence-electron chi connectivity index (χ0n) is 22.0. The van der Waals surface area contributed by atoms with Crippen molar-refractivity contribution in [2.45, 2.75) is 51.3 Å². The van der Waals surface area contributed by atoms with Crippen LogP contribution in [0, 0.1) is 0 Å². The van der Waals surface area contributed by atoms with E-state index < -0.39 is 21.9 Å². The molecule has 208 valence electrons. The highest BCUT2D eigenvalue weighted by molar-refractivity contribution is 7.89. The first-order chi connectivity index (χ1) is 18.5. The smallest absolute Gasteiger partial charge is 0.326 e. The first-order valence-corrected chi connectivity index (χ1v) is 14.6. The van der Waals surface area contributed by atoms with Gasteiger partial charge in [0.2, 0.25) is 15.9 Å². The molecule has 1 aliphatic rings. The predicted octanol–water partition coefficient (Wildman–Crippen LogP) is 2.76. The minimum absolute atomic E-state index is 0.0742. The summed E-state index contributed by atoms with van der Waals surface area (Å²) in [6, 6.07) is 10.8. The second kappa shape index (κ2) is 11.8. The van der Waals surface area contributed by atoms with Gasteiger partial charge in [0.25, 0.3) is 5.91 Å². The first-order valence-electron chi connectivity index (χ1n) is 12.4. The van der Waals surface area contributed by atoms with Gasteiger partial charge in [-0.15, -0.1) is 0 Å². The van der Waals surface area contributed by atoms with Crippen LogP contribution in [0.3, 0.4) is 0 Å². The van der Waals surface area contributed by atoms with E-state index in [2.05, 4.69) is 10.3 Å². The fourth-order valence-corrected chi connectivity index (χ4v) is 6.98. The third-order valence-corrected chi connectivity index (χ3v) is 8.81. The van der Waals surface area contributed by atoms with Crippen LogP contribution in [0.1, 0.15) is 38.1 Å². The van der Waals surface area contributed by atoms with Crippen molar-refractivity contribution in [1.29, 1.82) is 0 Å². The predicted molar refractivity (Wildman–Crippen MR) is 146 cm³/mol. The highest BCUT2D eigenvalue weighted by Gasteiger charge is 2.32. The molecule has 0 aliphatic carbocycles. The molecule has 3 aromatic rings. The molecule has 2 aromatic carbocycles. The number of carbonyl (C=O) groups is 3. The maximum Gasteiger partial charge on any atom is 0.326 e. The second-order valence-corrected chi connectivity index (χ2v) is 12.1. The maximum atomic E-state index is 13.1. The maximum absolute atomic E-state index is 13.1. The van der Waals surface area contributed by atoms with Gasteiger partial charge in [-0.05, 0) is 63.2 Å². The summed E-state index contributed by atoms with van der Waals surface area (Å²) in [5.74, 6) is -1.31. The van der Waals surface area contributed by atoms with Gasteiger partial charge in [0.05, 0.1) is 33.9 Å². The van der Waals surface area contributed by atoms with Gasteiger partial charge in [-0.1, -0.05) is 11.3 Å². The normalized spacial score (nSPS) is 18.7. The number of fused-ring (bicyclic) bond motifs is 1. The Bertz CT molecular complexity index is 1570. The van der Waals surface area contributed by atoms with Gasteiger partial charge >= 0.3 is 5.97 Å². The van der Waals surface area contributed by atoms with E-state index in [1.165, 1.54) is 46.8 Å². The van der Waals surface area contributed by atoms with E-state index in [9.17, 15) is 22.8 Å². The number of nitrogens with zero attached hydrogens (tertiary/aromatic N) is 3. The van der Waals surface area contributed by atoms with Gasteiger partial charge in [0.1, 0.15) is 6.54 Å². The van der Waals surface area contributed by atoms with Crippen LogP contribution in [0.4, 0.5) is 5.69 Å². The van der Waals surface area contributed by atoms with Gasteiger partial charge in [-0.3, -0.25) is 14.4 Å². The number of aromatic nitrogens is 1. The standard InChI is InChI=1S/C26H30N4O7S2/c1-5-36-24(32)15-30-22-11-8-20(27-18(4)31)12-23(22)38-26(30)28-25(33)19-6-9-21(10-7-19)39(34,35)29-13-16(2)37-17(3)14-29/h6-12,16-17H,5,13-15H2,1-4H3,(H,27,31). The zero-order chi connectivity index (χ0) is 28.3. The average molecular weight is 575 g/mol. The molecule has 1 saturated heterocycles. The minimum atomic E-state index is -3.76. The average Bonchev–Trinajstić information content (AvgIpc) is 3.19. The Balaban J connectivity index is 1.66. The van der Waals surface area contributed by atoms with Crippen molar-refractivity contribution in [1.82, 2.24) is 8.87 Å². The molecule has 0 saturated carbocycles. The SMILES string of the molecule is CCOC(=O)Cn1c(=NC(=O)c2ccc(S(=O)(=O)N3CC(C)OC(C)C3)cc2)sc2cc(NC(C)=O)ccc21. The number of amides is 2. The molecule has 2 unspecified atom stereocenters. The molecule has 1 aromatic heterocycles. The number of morpholine rings is 1. The molecule has 1 aliphatic heterocycles.